The largest absolute Gasteiger partial charge is 0.497 e. The summed E-state index contributed by atoms with van der Waals surface area (Å²) >= 11 is 1.52. The predicted molar refractivity (Wildman–Crippen MR) is 116 cm³/mol. The Labute approximate surface area is 176 Å². The molecule has 2 aromatic carbocycles. The minimum absolute atomic E-state index is 0.0811. The maximum Gasteiger partial charge on any atom is 0.242 e. The molecule has 0 unspecified atom stereocenters. The summed E-state index contributed by atoms with van der Waals surface area (Å²) in [5.41, 5.74) is 2.02. The van der Waals surface area contributed by atoms with Crippen LogP contribution in [0.2, 0.25) is 0 Å². The van der Waals surface area contributed by atoms with Gasteiger partial charge in [-0.05, 0) is 42.3 Å². The minimum atomic E-state index is -0.569. The smallest absolute Gasteiger partial charge is 0.242 e. The van der Waals surface area contributed by atoms with E-state index < -0.39 is 6.04 Å². The van der Waals surface area contributed by atoms with Crippen molar-refractivity contribution in [2.75, 3.05) is 27.0 Å². The number of methoxy groups -OCH3 is 2. The molecule has 0 spiro atoms. The Morgan fingerprint density at radius 3 is 2.34 bits per heavy atom. The van der Waals surface area contributed by atoms with Crippen LogP contribution in [0.1, 0.15) is 18.1 Å². The molecule has 0 saturated carbocycles. The van der Waals surface area contributed by atoms with E-state index in [2.05, 4.69) is 5.32 Å². The lowest BCUT2D eigenvalue weighted by atomic mass is 10.1. The van der Waals surface area contributed by atoms with Gasteiger partial charge in [-0.1, -0.05) is 24.3 Å². The molecule has 0 saturated heterocycles. The fourth-order valence-electron chi connectivity index (χ4n) is 2.82. The summed E-state index contributed by atoms with van der Waals surface area (Å²) in [4.78, 5) is 26.7. The lowest BCUT2D eigenvalue weighted by Gasteiger charge is -2.28. The third kappa shape index (κ3) is 6.71. The number of carbonyl (C=O) groups is 2. The van der Waals surface area contributed by atoms with Gasteiger partial charge in [0.15, 0.2) is 0 Å². The van der Waals surface area contributed by atoms with E-state index in [0.717, 1.165) is 22.6 Å². The molecule has 0 aliphatic carbocycles. The van der Waals surface area contributed by atoms with Crippen LogP contribution in [0.4, 0.5) is 0 Å². The summed E-state index contributed by atoms with van der Waals surface area (Å²) in [7, 11) is 4.81. The molecule has 2 rings (SSSR count). The predicted octanol–water partition coefficient (Wildman–Crippen LogP) is 3.10. The van der Waals surface area contributed by atoms with E-state index in [0.29, 0.717) is 12.3 Å². The van der Waals surface area contributed by atoms with E-state index in [4.69, 9.17) is 9.47 Å². The number of nitrogens with zero attached hydrogens (tertiary/aromatic N) is 1. The molecule has 6 nitrogen and oxygen atoms in total. The molecule has 1 N–H and O–H groups in total. The van der Waals surface area contributed by atoms with Crippen LogP contribution in [0.15, 0.2) is 48.5 Å². The first-order valence-corrected chi connectivity index (χ1v) is 10.5. The first kappa shape index (κ1) is 22.6. The first-order chi connectivity index (χ1) is 14.0. The number of carbonyl (C=O) groups excluding carboxylic acids is 2. The standard InChI is InChI=1S/C22H28N2O4S/c1-16(22(26)23-2)24(13-18-6-5-7-20(12-18)28-4)21(25)15-29-14-17-8-10-19(27-3)11-9-17/h5-12,16H,13-15H2,1-4H3,(H,23,26)/t16-/m0/s1. The second-order valence-corrected chi connectivity index (χ2v) is 7.49. The van der Waals surface area contributed by atoms with Crippen LogP contribution < -0.4 is 14.8 Å². The number of benzene rings is 2. The molecule has 0 aromatic heterocycles. The van der Waals surface area contributed by atoms with Gasteiger partial charge in [0.2, 0.25) is 11.8 Å². The summed E-state index contributed by atoms with van der Waals surface area (Å²) in [6.45, 7) is 2.08. The number of rotatable bonds is 10. The van der Waals surface area contributed by atoms with Crippen molar-refractivity contribution in [3.8, 4) is 11.5 Å². The van der Waals surface area contributed by atoms with Crippen molar-refractivity contribution in [1.82, 2.24) is 10.2 Å². The lowest BCUT2D eigenvalue weighted by Crippen LogP contribution is -2.47. The molecule has 156 valence electrons. The molecule has 0 fully saturated rings. The molecule has 2 amide bonds. The van der Waals surface area contributed by atoms with Crippen molar-refractivity contribution in [1.29, 1.82) is 0 Å². The van der Waals surface area contributed by atoms with Crippen LogP contribution in [0.3, 0.4) is 0 Å². The van der Waals surface area contributed by atoms with Gasteiger partial charge in [-0.2, -0.15) is 0 Å². The van der Waals surface area contributed by atoms with Gasteiger partial charge in [0.1, 0.15) is 17.5 Å². The number of ether oxygens (including phenoxy) is 2. The Bertz CT molecular complexity index is 811. The molecule has 0 aliphatic rings. The van der Waals surface area contributed by atoms with Crippen LogP contribution in [0.25, 0.3) is 0 Å². The van der Waals surface area contributed by atoms with E-state index in [1.807, 2.05) is 48.5 Å². The molecule has 0 heterocycles. The molecule has 7 heteroatoms. The molecule has 2 aromatic rings. The Morgan fingerprint density at radius 2 is 1.72 bits per heavy atom. The highest BCUT2D eigenvalue weighted by molar-refractivity contribution is 7.99. The first-order valence-electron chi connectivity index (χ1n) is 9.33. The van der Waals surface area contributed by atoms with Crippen molar-refractivity contribution in [3.63, 3.8) is 0 Å². The number of hydrogen-bond donors (Lipinski definition) is 1. The number of nitrogens with one attached hydrogen (secondary N) is 1. The van der Waals surface area contributed by atoms with Crippen LogP contribution >= 0.6 is 11.8 Å². The van der Waals surface area contributed by atoms with Crippen molar-refractivity contribution < 1.29 is 19.1 Å². The zero-order valence-electron chi connectivity index (χ0n) is 17.3. The van der Waals surface area contributed by atoms with E-state index in [-0.39, 0.29) is 17.6 Å². The molecule has 0 bridgehead atoms. The van der Waals surface area contributed by atoms with Gasteiger partial charge in [0, 0.05) is 19.3 Å². The van der Waals surface area contributed by atoms with Crippen LogP contribution in [0, 0.1) is 0 Å². The number of amides is 2. The van der Waals surface area contributed by atoms with Crippen LogP contribution in [-0.2, 0) is 21.9 Å². The molecule has 29 heavy (non-hydrogen) atoms. The molecular formula is C22H28N2O4S. The normalized spacial score (nSPS) is 11.4. The summed E-state index contributed by atoms with van der Waals surface area (Å²) in [5.74, 6) is 2.24. The maximum absolute atomic E-state index is 12.9. The SMILES string of the molecule is CNC(=O)[C@H](C)N(Cc1cccc(OC)c1)C(=O)CSCc1ccc(OC)cc1. The average molecular weight is 417 g/mol. The van der Waals surface area contributed by atoms with E-state index in [9.17, 15) is 9.59 Å². The number of thioether (sulfide) groups is 1. The summed E-state index contributed by atoms with van der Waals surface area (Å²) in [6, 6.07) is 14.7. The van der Waals surface area contributed by atoms with E-state index >= 15 is 0 Å². The fraction of sp³-hybridized carbons (Fsp3) is 0.364. The summed E-state index contributed by atoms with van der Waals surface area (Å²) < 4.78 is 10.4. The molecule has 0 aliphatic heterocycles. The van der Waals surface area contributed by atoms with Gasteiger partial charge in [-0.25, -0.2) is 0 Å². The van der Waals surface area contributed by atoms with Crippen LogP contribution in [-0.4, -0.2) is 49.8 Å². The lowest BCUT2D eigenvalue weighted by molar-refractivity contribution is -0.138. The van der Waals surface area contributed by atoms with E-state index in [1.165, 1.54) is 11.8 Å². The van der Waals surface area contributed by atoms with Gasteiger partial charge >= 0.3 is 0 Å². The second kappa shape index (κ2) is 11.4. The highest BCUT2D eigenvalue weighted by atomic mass is 32.2. The van der Waals surface area contributed by atoms with Crippen molar-refractivity contribution in [2.45, 2.75) is 25.3 Å². The van der Waals surface area contributed by atoms with E-state index in [1.54, 1.807) is 33.1 Å². The quantitative estimate of drug-likeness (QED) is 0.645. The fourth-order valence-corrected chi connectivity index (χ4v) is 3.69. The Kier molecular flexibility index (Phi) is 8.86. The van der Waals surface area contributed by atoms with Gasteiger partial charge in [0.05, 0.1) is 20.0 Å². The van der Waals surface area contributed by atoms with Gasteiger partial charge in [0.25, 0.3) is 0 Å². The summed E-state index contributed by atoms with van der Waals surface area (Å²) in [5, 5.41) is 2.62. The third-order valence-corrected chi connectivity index (χ3v) is 5.54. The topological polar surface area (TPSA) is 67.9 Å². The Morgan fingerprint density at radius 1 is 1.03 bits per heavy atom. The zero-order chi connectivity index (χ0) is 21.2. The van der Waals surface area contributed by atoms with Gasteiger partial charge in [-0.3, -0.25) is 9.59 Å². The van der Waals surface area contributed by atoms with Crippen molar-refractivity contribution in [2.24, 2.45) is 0 Å². The summed E-state index contributed by atoms with van der Waals surface area (Å²) in [6.07, 6.45) is 0. The van der Waals surface area contributed by atoms with Crippen LogP contribution in [0.5, 0.6) is 11.5 Å². The van der Waals surface area contributed by atoms with Gasteiger partial charge < -0.3 is 19.7 Å². The molecule has 1 atom stereocenters. The third-order valence-electron chi connectivity index (χ3n) is 4.55. The Balaban J connectivity index is 2.03. The Hall–Kier alpha value is -2.67. The molecule has 0 radical (unpaired) electrons. The minimum Gasteiger partial charge on any atom is -0.497 e. The highest BCUT2D eigenvalue weighted by Gasteiger charge is 2.25. The van der Waals surface area contributed by atoms with Crippen molar-refractivity contribution >= 4 is 23.6 Å². The number of hydrogen-bond acceptors (Lipinski definition) is 5. The maximum atomic E-state index is 12.9. The highest BCUT2D eigenvalue weighted by Crippen LogP contribution is 2.19. The average Bonchev–Trinajstić information content (AvgIpc) is 2.76. The van der Waals surface area contributed by atoms with Gasteiger partial charge in [-0.15, -0.1) is 11.8 Å². The van der Waals surface area contributed by atoms with Crippen molar-refractivity contribution in [3.05, 3.63) is 59.7 Å². The monoisotopic (exact) mass is 416 g/mol. The zero-order valence-corrected chi connectivity index (χ0v) is 18.1. The second-order valence-electron chi connectivity index (χ2n) is 6.50. The number of likely N-dealkylation sites (N-methyl/N-ethyl adjacent to an activating group) is 1. The molecular weight excluding hydrogens is 388 g/mol.